The van der Waals surface area contributed by atoms with E-state index in [-0.39, 0.29) is 6.61 Å². The largest absolute Gasteiger partial charge is 0.496 e. The van der Waals surface area contributed by atoms with Gasteiger partial charge >= 0.3 is 0 Å². The van der Waals surface area contributed by atoms with E-state index in [0.29, 0.717) is 18.1 Å². The molecular formula is C19H24ClNO3. The van der Waals surface area contributed by atoms with E-state index in [1.165, 1.54) is 5.56 Å². The summed E-state index contributed by atoms with van der Waals surface area (Å²) in [5, 5.41) is 10.8. The van der Waals surface area contributed by atoms with Crippen LogP contribution in [-0.2, 0) is 6.54 Å². The molecule has 1 N–H and O–H groups in total. The molecule has 24 heavy (non-hydrogen) atoms. The van der Waals surface area contributed by atoms with E-state index in [1.54, 1.807) is 13.2 Å². The summed E-state index contributed by atoms with van der Waals surface area (Å²) in [4.78, 5) is 2.01. The lowest BCUT2D eigenvalue weighted by Gasteiger charge is -2.22. The molecular weight excluding hydrogens is 326 g/mol. The van der Waals surface area contributed by atoms with E-state index >= 15 is 0 Å². The fourth-order valence-corrected chi connectivity index (χ4v) is 2.66. The Morgan fingerprint density at radius 2 is 1.88 bits per heavy atom. The van der Waals surface area contributed by atoms with Crippen molar-refractivity contribution in [3.63, 3.8) is 0 Å². The fraction of sp³-hybridized carbons (Fsp3) is 0.368. The molecule has 5 heteroatoms. The molecule has 1 unspecified atom stereocenters. The van der Waals surface area contributed by atoms with Crippen LogP contribution in [0.1, 0.15) is 11.1 Å². The van der Waals surface area contributed by atoms with Crippen LogP contribution in [0.25, 0.3) is 0 Å². The van der Waals surface area contributed by atoms with Crippen LogP contribution >= 0.6 is 11.6 Å². The summed E-state index contributed by atoms with van der Waals surface area (Å²) in [5.74, 6) is 1.55. The summed E-state index contributed by atoms with van der Waals surface area (Å²) in [7, 11) is 3.58. The van der Waals surface area contributed by atoms with Crippen molar-refractivity contribution in [2.45, 2.75) is 19.6 Å². The number of aliphatic hydroxyl groups is 1. The van der Waals surface area contributed by atoms with Gasteiger partial charge in [0.2, 0.25) is 0 Å². The van der Waals surface area contributed by atoms with Crippen molar-refractivity contribution >= 4 is 11.6 Å². The van der Waals surface area contributed by atoms with Gasteiger partial charge in [-0.2, -0.15) is 0 Å². The number of hydrogen-bond acceptors (Lipinski definition) is 4. The topological polar surface area (TPSA) is 41.9 Å². The smallest absolute Gasteiger partial charge is 0.123 e. The highest BCUT2D eigenvalue weighted by molar-refractivity contribution is 6.30. The van der Waals surface area contributed by atoms with E-state index in [2.05, 4.69) is 0 Å². The molecule has 0 aliphatic rings. The molecule has 0 radical (unpaired) electrons. The van der Waals surface area contributed by atoms with Crippen molar-refractivity contribution in [1.82, 2.24) is 4.90 Å². The summed E-state index contributed by atoms with van der Waals surface area (Å²) >= 11 is 6.05. The highest BCUT2D eigenvalue weighted by atomic mass is 35.5. The molecule has 0 bridgehead atoms. The van der Waals surface area contributed by atoms with Crippen LogP contribution in [-0.4, -0.2) is 43.4 Å². The van der Waals surface area contributed by atoms with Crippen molar-refractivity contribution in [2.24, 2.45) is 0 Å². The minimum Gasteiger partial charge on any atom is -0.496 e. The lowest BCUT2D eigenvalue weighted by Crippen LogP contribution is -2.32. The van der Waals surface area contributed by atoms with Crippen LogP contribution in [0, 0.1) is 6.92 Å². The van der Waals surface area contributed by atoms with Gasteiger partial charge in [-0.25, -0.2) is 0 Å². The fourth-order valence-electron chi connectivity index (χ4n) is 2.47. The minimum atomic E-state index is -0.582. The third-order valence-corrected chi connectivity index (χ3v) is 3.90. The zero-order chi connectivity index (χ0) is 17.5. The first-order chi connectivity index (χ1) is 11.5. The van der Waals surface area contributed by atoms with E-state index in [0.717, 1.165) is 17.1 Å². The molecule has 4 nitrogen and oxygen atoms in total. The summed E-state index contributed by atoms with van der Waals surface area (Å²) < 4.78 is 11.0. The van der Waals surface area contributed by atoms with Gasteiger partial charge in [0.25, 0.3) is 0 Å². The van der Waals surface area contributed by atoms with Gasteiger partial charge in [0, 0.05) is 23.7 Å². The van der Waals surface area contributed by atoms with E-state index in [4.69, 9.17) is 21.1 Å². The minimum absolute atomic E-state index is 0.250. The molecule has 0 aliphatic carbocycles. The van der Waals surface area contributed by atoms with Crippen molar-refractivity contribution in [3.8, 4) is 11.5 Å². The lowest BCUT2D eigenvalue weighted by molar-refractivity contribution is 0.0742. The first kappa shape index (κ1) is 18.6. The van der Waals surface area contributed by atoms with Gasteiger partial charge in [-0.3, -0.25) is 4.90 Å². The van der Waals surface area contributed by atoms with Crippen LogP contribution in [0.5, 0.6) is 11.5 Å². The van der Waals surface area contributed by atoms with Gasteiger partial charge in [-0.1, -0.05) is 29.3 Å². The predicted molar refractivity (Wildman–Crippen MR) is 97.0 cm³/mol. The van der Waals surface area contributed by atoms with Crippen molar-refractivity contribution in [3.05, 3.63) is 58.6 Å². The second kappa shape index (κ2) is 8.92. The van der Waals surface area contributed by atoms with Gasteiger partial charge in [-0.05, 0) is 44.3 Å². The molecule has 0 aromatic heterocycles. The average molecular weight is 350 g/mol. The Kier molecular flexibility index (Phi) is 6.91. The van der Waals surface area contributed by atoms with Crippen LogP contribution < -0.4 is 9.47 Å². The van der Waals surface area contributed by atoms with Crippen LogP contribution in [0.3, 0.4) is 0 Å². The van der Waals surface area contributed by atoms with E-state index < -0.39 is 6.10 Å². The number of benzene rings is 2. The normalized spacial score (nSPS) is 12.2. The Bertz CT molecular complexity index is 646. The number of aliphatic hydroxyl groups excluding tert-OH is 1. The van der Waals surface area contributed by atoms with Gasteiger partial charge in [0.05, 0.1) is 7.11 Å². The molecule has 0 aliphatic heterocycles. The average Bonchev–Trinajstić information content (AvgIpc) is 2.54. The Morgan fingerprint density at radius 3 is 2.54 bits per heavy atom. The van der Waals surface area contributed by atoms with Crippen molar-refractivity contribution < 1.29 is 14.6 Å². The third kappa shape index (κ3) is 5.71. The first-order valence-electron chi connectivity index (χ1n) is 7.86. The molecule has 1 atom stereocenters. The number of methoxy groups -OCH3 is 1. The Balaban J connectivity index is 1.84. The molecule has 0 saturated heterocycles. The standard InChI is InChI=1S/C19H24ClNO3/c1-14-4-7-18(8-5-14)24-13-17(22)12-21(2)11-15-10-16(20)6-9-19(15)23-3/h4-10,17,22H,11-13H2,1-3H3. The quantitative estimate of drug-likeness (QED) is 0.791. The van der Waals surface area contributed by atoms with Crippen molar-refractivity contribution in [2.75, 3.05) is 27.3 Å². The summed E-state index contributed by atoms with van der Waals surface area (Å²) in [5.41, 5.74) is 2.16. The lowest BCUT2D eigenvalue weighted by atomic mass is 10.2. The molecule has 0 amide bonds. The molecule has 0 spiro atoms. The number of rotatable bonds is 8. The molecule has 0 fully saturated rings. The SMILES string of the molecule is COc1ccc(Cl)cc1CN(C)CC(O)COc1ccc(C)cc1. The van der Waals surface area contributed by atoms with Gasteiger partial charge < -0.3 is 14.6 Å². The molecule has 2 rings (SSSR count). The Hall–Kier alpha value is -1.75. The zero-order valence-electron chi connectivity index (χ0n) is 14.3. The molecule has 130 valence electrons. The van der Waals surface area contributed by atoms with Gasteiger partial charge in [0.15, 0.2) is 0 Å². The van der Waals surface area contributed by atoms with Gasteiger partial charge in [-0.15, -0.1) is 0 Å². The third-order valence-electron chi connectivity index (χ3n) is 3.67. The number of aryl methyl sites for hydroxylation is 1. The number of halogens is 1. The van der Waals surface area contributed by atoms with Crippen LogP contribution in [0.2, 0.25) is 5.02 Å². The van der Waals surface area contributed by atoms with E-state index in [9.17, 15) is 5.11 Å². The number of ether oxygens (including phenoxy) is 2. The second-order valence-corrected chi connectivity index (χ2v) is 6.37. The first-order valence-corrected chi connectivity index (χ1v) is 8.24. The van der Waals surface area contributed by atoms with Crippen LogP contribution in [0.15, 0.2) is 42.5 Å². The molecule has 2 aromatic rings. The monoisotopic (exact) mass is 349 g/mol. The maximum atomic E-state index is 10.2. The van der Waals surface area contributed by atoms with Crippen LogP contribution in [0.4, 0.5) is 0 Å². The zero-order valence-corrected chi connectivity index (χ0v) is 15.1. The highest BCUT2D eigenvalue weighted by Gasteiger charge is 2.12. The van der Waals surface area contributed by atoms with E-state index in [1.807, 2.05) is 55.3 Å². The number of hydrogen-bond donors (Lipinski definition) is 1. The second-order valence-electron chi connectivity index (χ2n) is 5.93. The highest BCUT2D eigenvalue weighted by Crippen LogP contribution is 2.23. The Morgan fingerprint density at radius 1 is 1.17 bits per heavy atom. The number of nitrogens with zero attached hydrogens (tertiary/aromatic N) is 1. The summed E-state index contributed by atoms with van der Waals surface area (Å²) in [6.07, 6.45) is -0.582. The predicted octanol–water partition coefficient (Wildman–Crippen LogP) is 3.53. The number of likely N-dealkylation sites (N-methyl/N-ethyl adjacent to an activating group) is 1. The maximum absolute atomic E-state index is 10.2. The summed E-state index contributed by atoms with van der Waals surface area (Å²) in [6, 6.07) is 13.3. The molecule has 0 saturated carbocycles. The maximum Gasteiger partial charge on any atom is 0.123 e. The Labute approximate surface area is 148 Å². The molecule has 2 aromatic carbocycles. The van der Waals surface area contributed by atoms with Gasteiger partial charge in [0.1, 0.15) is 24.2 Å². The molecule has 0 heterocycles. The van der Waals surface area contributed by atoms with Crippen molar-refractivity contribution in [1.29, 1.82) is 0 Å². The summed E-state index contributed by atoms with van der Waals surface area (Å²) in [6.45, 7) is 3.39.